The molecule has 174 valence electrons. The molecule has 3 aromatic rings. The van der Waals surface area contributed by atoms with Gasteiger partial charge in [0.25, 0.3) is 0 Å². The van der Waals surface area contributed by atoms with Crippen molar-refractivity contribution in [2.75, 3.05) is 14.2 Å². The number of benzene rings is 3. The Morgan fingerprint density at radius 3 is 1.97 bits per heavy atom. The normalized spacial score (nSPS) is 26.6. The van der Waals surface area contributed by atoms with Crippen molar-refractivity contribution < 1.29 is 18.9 Å². The quantitative estimate of drug-likeness (QED) is 0.420. The molecule has 4 nitrogen and oxygen atoms in total. The highest BCUT2D eigenvalue weighted by Crippen LogP contribution is 2.61. The van der Waals surface area contributed by atoms with E-state index in [2.05, 4.69) is 67.6 Å². The minimum atomic E-state index is -0.716. The molecule has 1 spiro atoms. The molecule has 3 aromatic carbocycles. The minimum Gasteiger partial charge on any atom is -0.493 e. The molecule has 0 saturated carbocycles. The fourth-order valence-electron chi connectivity index (χ4n) is 6.20. The fraction of sp³-hybridized carbons (Fsp3) is 0.333. The molecule has 0 N–H and O–H groups in total. The number of fused-ring (bicyclic) bond motifs is 4. The summed E-state index contributed by atoms with van der Waals surface area (Å²) in [6.45, 7) is 2.21. The number of rotatable bonds is 4. The maximum Gasteiger partial charge on any atom is 0.178 e. The Morgan fingerprint density at radius 1 is 0.794 bits per heavy atom. The summed E-state index contributed by atoms with van der Waals surface area (Å²) in [5.74, 6) is 1.20. The standard InChI is InChI=1S/C30H30O4/c1-19-16-23-24(17-19)30(18-22-14-15-25(31-2)29(32-3)26(22)23)33-27(20-10-6-4-7-11-20)28(34-30)21-12-8-5-9-13-21/h4-16,23-24,27-28H,17-18H2,1-3H3/t23-,24+,27-,28-/m0/s1. The Bertz CT molecular complexity index is 1170. The summed E-state index contributed by atoms with van der Waals surface area (Å²) in [5.41, 5.74) is 6.06. The number of methoxy groups -OCH3 is 2. The van der Waals surface area contributed by atoms with Gasteiger partial charge in [-0.1, -0.05) is 78.4 Å². The van der Waals surface area contributed by atoms with Crippen LogP contribution in [0.3, 0.4) is 0 Å². The van der Waals surface area contributed by atoms with E-state index in [1.165, 1.54) is 16.7 Å². The SMILES string of the molecule is COc1ccc2c(c1OC)[C@H]1C=C(C)C[C@H]1C1(C2)O[C@@H](c2ccccc2)[C@H](c2ccccc2)O1. The molecule has 2 aliphatic carbocycles. The lowest BCUT2D eigenvalue weighted by Gasteiger charge is -2.43. The first-order chi connectivity index (χ1) is 16.6. The molecule has 4 atom stereocenters. The smallest absolute Gasteiger partial charge is 0.178 e. The maximum absolute atomic E-state index is 7.06. The number of hydrogen-bond acceptors (Lipinski definition) is 4. The molecule has 0 unspecified atom stereocenters. The molecule has 1 fully saturated rings. The van der Waals surface area contributed by atoms with Crippen LogP contribution in [0.5, 0.6) is 11.5 Å². The second kappa shape index (κ2) is 8.30. The van der Waals surface area contributed by atoms with Crippen molar-refractivity contribution in [3.8, 4) is 11.5 Å². The molecule has 1 saturated heterocycles. The first kappa shape index (κ1) is 21.5. The topological polar surface area (TPSA) is 36.9 Å². The van der Waals surface area contributed by atoms with Gasteiger partial charge in [-0.15, -0.1) is 0 Å². The zero-order valence-corrected chi connectivity index (χ0v) is 19.9. The highest BCUT2D eigenvalue weighted by Gasteiger charge is 2.59. The molecule has 34 heavy (non-hydrogen) atoms. The van der Waals surface area contributed by atoms with Gasteiger partial charge in [0.05, 0.1) is 14.2 Å². The summed E-state index contributed by atoms with van der Waals surface area (Å²) in [7, 11) is 3.42. The van der Waals surface area contributed by atoms with Gasteiger partial charge in [0, 0.05) is 23.8 Å². The molecule has 0 amide bonds. The average molecular weight is 455 g/mol. The predicted molar refractivity (Wildman–Crippen MR) is 131 cm³/mol. The van der Waals surface area contributed by atoms with E-state index in [4.69, 9.17) is 18.9 Å². The van der Waals surface area contributed by atoms with Crippen LogP contribution in [0.25, 0.3) is 0 Å². The summed E-state index contributed by atoms with van der Waals surface area (Å²) in [6.07, 6.45) is 3.64. The van der Waals surface area contributed by atoms with Gasteiger partial charge < -0.3 is 18.9 Å². The van der Waals surface area contributed by atoms with Crippen molar-refractivity contribution in [3.05, 3.63) is 107 Å². The maximum atomic E-state index is 7.06. The van der Waals surface area contributed by atoms with Crippen LogP contribution < -0.4 is 9.47 Å². The third-order valence-corrected chi connectivity index (χ3v) is 7.63. The van der Waals surface area contributed by atoms with Gasteiger partial charge in [0.15, 0.2) is 17.3 Å². The lowest BCUT2D eigenvalue weighted by Crippen LogP contribution is -2.46. The van der Waals surface area contributed by atoms with E-state index in [1.807, 2.05) is 18.2 Å². The molecule has 0 aromatic heterocycles. The Morgan fingerprint density at radius 2 is 1.41 bits per heavy atom. The molecule has 4 heteroatoms. The van der Waals surface area contributed by atoms with Gasteiger partial charge >= 0.3 is 0 Å². The lowest BCUT2D eigenvalue weighted by molar-refractivity contribution is -0.217. The van der Waals surface area contributed by atoms with Crippen LogP contribution >= 0.6 is 0 Å². The minimum absolute atomic E-state index is 0.153. The lowest BCUT2D eigenvalue weighted by atomic mass is 9.72. The molecule has 6 rings (SSSR count). The Labute approximate surface area is 201 Å². The second-order valence-corrected chi connectivity index (χ2v) is 9.61. The van der Waals surface area contributed by atoms with E-state index in [1.54, 1.807) is 14.2 Å². The van der Waals surface area contributed by atoms with Gasteiger partial charge in [-0.05, 0) is 36.1 Å². The summed E-state index contributed by atoms with van der Waals surface area (Å²) in [4.78, 5) is 0. The van der Waals surface area contributed by atoms with E-state index >= 15 is 0 Å². The molecule has 1 aliphatic heterocycles. The monoisotopic (exact) mass is 454 g/mol. The largest absolute Gasteiger partial charge is 0.493 e. The first-order valence-corrected chi connectivity index (χ1v) is 12.0. The van der Waals surface area contributed by atoms with Crippen molar-refractivity contribution in [1.29, 1.82) is 0 Å². The number of allylic oxidation sites excluding steroid dienone is 2. The Balaban J connectivity index is 1.48. The zero-order chi connectivity index (χ0) is 23.3. The Hall–Kier alpha value is -3.08. The molecule has 0 radical (unpaired) electrons. The Kier molecular flexibility index (Phi) is 5.23. The van der Waals surface area contributed by atoms with Crippen LogP contribution in [0.15, 0.2) is 84.4 Å². The van der Waals surface area contributed by atoms with Crippen molar-refractivity contribution in [2.45, 2.75) is 43.7 Å². The summed E-state index contributed by atoms with van der Waals surface area (Å²) >= 11 is 0. The molecular formula is C30H30O4. The highest BCUT2D eigenvalue weighted by atomic mass is 16.8. The molecule has 1 heterocycles. The number of ether oxygens (including phenoxy) is 4. The van der Waals surface area contributed by atoms with E-state index < -0.39 is 5.79 Å². The zero-order valence-electron chi connectivity index (χ0n) is 19.9. The predicted octanol–water partition coefficient (Wildman–Crippen LogP) is 6.54. The molecule has 0 bridgehead atoms. The van der Waals surface area contributed by atoms with Crippen molar-refractivity contribution in [2.24, 2.45) is 5.92 Å². The van der Waals surface area contributed by atoms with E-state index in [0.717, 1.165) is 29.0 Å². The van der Waals surface area contributed by atoms with Gasteiger partial charge in [-0.25, -0.2) is 0 Å². The van der Waals surface area contributed by atoms with Crippen molar-refractivity contribution >= 4 is 0 Å². The van der Waals surface area contributed by atoms with Gasteiger partial charge in [0.1, 0.15) is 12.2 Å². The fourth-order valence-corrected chi connectivity index (χ4v) is 6.20. The summed E-state index contributed by atoms with van der Waals surface area (Å²) < 4.78 is 25.6. The van der Waals surface area contributed by atoms with Gasteiger partial charge in [-0.2, -0.15) is 0 Å². The third-order valence-electron chi connectivity index (χ3n) is 7.63. The third kappa shape index (κ3) is 3.28. The number of hydrogen-bond donors (Lipinski definition) is 0. The summed E-state index contributed by atoms with van der Waals surface area (Å²) in [5, 5.41) is 0. The molecule has 3 aliphatic rings. The van der Waals surface area contributed by atoms with Crippen molar-refractivity contribution in [1.82, 2.24) is 0 Å². The van der Waals surface area contributed by atoms with Gasteiger partial charge in [0.2, 0.25) is 0 Å². The van der Waals surface area contributed by atoms with Crippen LogP contribution in [0.4, 0.5) is 0 Å². The average Bonchev–Trinajstić information content (AvgIpc) is 3.46. The van der Waals surface area contributed by atoms with E-state index in [-0.39, 0.29) is 24.0 Å². The van der Waals surface area contributed by atoms with Crippen LogP contribution in [0.2, 0.25) is 0 Å². The van der Waals surface area contributed by atoms with Crippen LogP contribution in [0, 0.1) is 5.92 Å². The van der Waals surface area contributed by atoms with Crippen molar-refractivity contribution in [3.63, 3.8) is 0 Å². The highest BCUT2D eigenvalue weighted by molar-refractivity contribution is 5.57. The van der Waals surface area contributed by atoms with E-state index in [0.29, 0.717) is 6.42 Å². The first-order valence-electron chi connectivity index (χ1n) is 12.0. The van der Waals surface area contributed by atoms with Crippen LogP contribution in [-0.2, 0) is 15.9 Å². The van der Waals surface area contributed by atoms with Crippen LogP contribution in [-0.4, -0.2) is 20.0 Å². The summed E-state index contributed by atoms with van der Waals surface area (Å²) in [6, 6.07) is 25.1. The van der Waals surface area contributed by atoms with Crippen LogP contribution in [0.1, 0.15) is 53.7 Å². The molecular weight excluding hydrogens is 424 g/mol. The second-order valence-electron chi connectivity index (χ2n) is 9.61. The van der Waals surface area contributed by atoms with Gasteiger partial charge in [-0.3, -0.25) is 0 Å². The van der Waals surface area contributed by atoms with E-state index in [9.17, 15) is 0 Å².